The van der Waals surface area contributed by atoms with Gasteiger partial charge in [-0.1, -0.05) is 25.1 Å². The number of halogens is 1. The molecule has 2 N–H and O–H groups in total. The van der Waals surface area contributed by atoms with Crippen molar-refractivity contribution in [1.29, 1.82) is 0 Å². The van der Waals surface area contributed by atoms with Crippen molar-refractivity contribution in [3.63, 3.8) is 0 Å². The quantitative estimate of drug-likeness (QED) is 0.947. The van der Waals surface area contributed by atoms with Crippen LogP contribution in [0.3, 0.4) is 0 Å². The maximum atomic E-state index is 6.09. The Morgan fingerprint density at radius 1 is 1.29 bits per heavy atom. The van der Waals surface area contributed by atoms with Crippen molar-refractivity contribution in [2.75, 3.05) is 13.1 Å². The van der Waals surface area contributed by atoms with Crippen LogP contribution < -0.4 is 5.73 Å². The number of hydrogen-bond acceptors (Lipinski definition) is 3. The first kappa shape index (κ1) is 16.0. The van der Waals surface area contributed by atoms with Crippen LogP contribution in [0.5, 0.6) is 0 Å². The van der Waals surface area contributed by atoms with Gasteiger partial charge in [0.25, 0.3) is 0 Å². The van der Waals surface area contributed by atoms with Crippen LogP contribution in [-0.4, -0.2) is 33.6 Å². The summed E-state index contributed by atoms with van der Waals surface area (Å²) in [5.41, 5.74) is 7.26. The normalized spacial score (nSPS) is 22.8. The van der Waals surface area contributed by atoms with Crippen LogP contribution in [0.1, 0.15) is 19.2 Å². The Morgan fingerprint density at radius 2 is 2.05 bits per heavy atom. The molecule has 5 heteroatoms. The molecule has 0 aliphatic carbocycles. The predicted molar refractivity (Wildman–Crippen MR) is 87.8 cm³/mol. The molecule has 0 amide bonds. The summed E-state index contributed by atoms with van der Waals surface area (Å²) in [7, 11) is 0. The molecule has 1 saturated heterocycles. The Balaban J connectivity index is 0.00000161. The minimum Gasteiger partial charge on any atom is -0.327 e. The molecular weight excluding hydrogens is 284 g/mol. The monoisotopic (exact) mass is 306 g/mol. The largest absolute Gasteiger partial charge is 0.327 e. The van der Waals surface area contributed by atoms with Crippen molar-refractivity contribution >= 4 is 12.4 Å². The maximum Gasteiger partial charge on any atom is 0.127 e. The first-order chi connectivity index (χ1) is 9.74. The Kier molecular flexibility index (Phi) is 5.39. The van der Waals surface area contributed by atoms with E-state index < -0.39 is 0 Å². The van der Waals surface area contributed by atoms with Crippen LogP contribution in [-0.2, 0) is 6.54 Å². The number of piperidine rings is 1. The minimum absolute atomic E-state index is 0. The van der Waals surface area contributed by atoms with Crippen LogP contribution in [0.2, 0.25) is 0 Å². The molecule has 1 aliphatic heterocycles. The summed E-state index contributed by atoms with van der Waals surface area (Å²) in [6.45, 7) is 5.25. The Bertz CT molecular complexity index is 554. The lowest BCUT2D eigenvalue weighted by Crippen LogP contribution is -2.45. The van der Waals surface area contributed by atoms with Crippen molar-refractivity contribution in [2.45, 2.75) is 25.9 Å². The molecule has 0 radical (unpaired) electrons. The number of benzene rings is 1. The molecule has 2 atom stereocenters. The van der Waals surface area contributed by atoms with Gasteiger partial charge in [0.15, 0.2) is 0 Å². The zero-order valence-corrected chi connectivity index (χ0v) is 13.2. The van der Waals surface area contributed by atoms with Gasteiger partial charge in [-0.3, -0.25) is 4.90 Å². The van der Waals surface area contributed by atoms with E-state index in [0.29, 0.717) is 12.0 Å². The topological polar surface area (TPSA) is 47.1 Å². The van der Waals surface area contributed by atoms with Crippen LogP contribution in [0.4, 0.5) is 0 Å². The lowest BCUT2D eigenvalue weighted by molar-refractivity contribution is 0.154. The molecule has 1 aliphatic rings. The summed E-state index contributed by atoms with van der Waals surface area (Å²) in [4.78, 5) is 6.97. The summed E-state index contributed by atoms with van der Waals surface area (Å²) < 4.78 is 2.17. The summed E-state index contributed by atoms with van der Waals surface area (Å²) in [5.74, 6) is 1.66. The van der Waals surface area contributed by atoms with E-state index in [9.17, 15) is 0 Å². The van der Waals surface area contributed by atoms with Gasteiger partial charge in [0.05, 0.1) is 6.54 Å². The molecule has 2 aromatic rings. The van der Waals surface area contributed by atoms with Crippen molar-refractivity contribution in [1.82, 2.24) is 14.5 Å². The van der Waals surface area contributed by atoms with E-state index in [1.54, 1.807) is 0 Å². The molecule has 114 valence electrons. The van der Waals surface area contributed by atoms with E-state index >= 15 is 0 Å². The summed E-state index contributed by atoms with van der Waals surface area (Å²) >= 11 is 0. The first-order valence-corrected chi connectivity index (χ1v) is 7.29. The van der Waals surface area contributed by atoms with Gasteiger partial charge >= 0.3 is 0 Å². The van der Waals surface area contributed by atoms with E-state index in [-0.39, 0.29) is 12.4 Å². The number of likely N-dealkylation sites (tertiary alicyclic amines) is 1. The number of aromatic nitrogens is 2. The summed E-state index contributed by atoms with van der Waals surface area (Å²) in [5, 5.41) is 0. The fraction of sp³-hybridized carbons (Fsp3) is 0.438. The highest BCUT2D eigenvalue weighted by Crippen LogP contribution is 2.18. The van der Waals surface area contributed by atoms with Crippen molar-refractivity contribution in [2.24, 2.45) is 11.7 Å². The highest BCUT2D eigenvalue weighted by Gasteiger charge is 2.23. The zero-order valence-electron chi connectivity index (χ0n) is 12.4. The third kappa shape index (κ3) is 3.64. The minimum atomic E-state index is 0. The lowest BCUT2D eigenvalue weighted by Gasteiger charge is -2.34. The van der Waals surface area contributed by atoms with E-state index in [1.807, 2.05) is 18.5 Å². The van der Waals surface area contributed by atoms with Gasteiger partial charge in [-0.05, 0) is 24.5 Å². The van der Waals surface area contributed by atoms with Gasteiger partial charge < -0.3 is 10.3 Å². The van der Waals surface area contributed by atoms with Crippen LogP contribution in [0.15, 0.2) is 42.7 Å². The smallest absolute Gasteiger partial charge is 0.127 e. The van der Waals surface area contributed by atoms with Gasteiger partial charge in [0.2, 0.25) is 0 Å². The average molecular weight is 307 g/mol. The average Bonchev–Trinajstić information content (AvgIpc) is 2.92. The molecule has 2 heterocycles. The summed E-state index contributed by atoms with van der Waals surface area (Å²) in [6, 6.07) is 10.7. The Hall–Kier alpha value is -1.36. The van der Waals surface area contributed by atoms with E-state index in [1.165, 1.54) is 5.69 Å². The highest BCUT2D eigenvalue weighted by molar-refractivity contribution is 5.85. The van der Waals surface area contributed by atoms with Crippen LogP contribution in [0, 0.1) is 5.92 Å². The lowest BCUT2D eigenvalue weighted by atomic mass is 9.95. The van der Waals surface area contributed by atoms with Crippen LogP contribution in [0.25, 0.3) is 5.69 Å². The van der Waals surface area contributed by atoms with Crippen molar-refractivity contribution < 1.29 is 0 Å². The first-order valence-electron chi connectivity index (χ1n) is 7.29. The fourth-order valence-electron chi connectivity index (χ4n) is 2.87. The SMILES string of the molecule is CC1CN(Cc2nccn2-c2ccccc2)CCC1N.Cl. The number of imidazole rings is 1. The predicted octanol–water partition coefficient (Wildman–Crippen LogP) is 2.46. The molecule has 4 nitrogen and oxygen atoms in total. The standard InChI is InChI=1S/C16H22N4.ClH/c1-13-11-19(9-7-15(13)17)12-16-18-8-10-20(16)14-5-3-2-4-6-14;/h2-6,8,10,13,15H,7,9,11-12,17H2,1H3;1H. The molecule has 21 heavy (non-hydrogen) atoms. The van der Waals surface area contributed by atoms with Gasteiger partial charge in [0.1, 0.15) is 5.82 Å². The Labute approximate surface area is 132 Å². The molecule has 0 bridgehead atoms. The van der Waals surface area contributed by atoms with Crippen molar-refractivity contribution in [3.05, 3.63) is 48.5 Å². The zero-order chi connectivity index (χ0) is 13.9. The van der Waals surface area contributed by atoms with E-state index in [0.717, 1.165) is 31.9 Å². The van der Waals surface area contributed by atoms with Gasteiger partial charge in [-0.25, -0.2) is 4.98 Å². The van der Waals surface area contributed by atoms with Gasteiger partial charge in [-0.2, -0.15) is 0 Å². The molecule has 0 saturated carbocycles. The third-order valence-corrected chi connectivity index (χ3v) is 4.17. The molecule has 1 aromatic carbocycles. The molecule has 1 aromatic heterocycles. The number of rotatable bonds is 3. The molecule has 2 unspecified atom stereocenters. The summed E-state index contributed by atoms with van der Waals surface area (Å²) in [6.07, 6.45) is 4.98. The second-order valence-electron chi connectivity index (χ2n) is 5.71. The van der Waals surface area contributed by atoms with Crippen molar-refractivity contribution in [3.8, 4) is 5.69 Å². The van der Waals surface area contributed by atoms with E-state index in [4.69, 9.17) is 5.73 Å². The highest BCUT2D eigenvalue weighted by atomic mass is 35.5. The molecule has 3 rings (SSSR count). The van der Waals surface area contributed by atoms with Gasteiger partial charge in [0, 0.05) is 37.2 Å². The van der Waals surface area contributed by atoms with Gasteiger partial charge in [-0.15, -0.1) is 12.4 Å². The second kappa shape index (κ2) is 7.07. The Morgan fingerprint density at radius 3 is 2.76 bits per heavy atom. The fourth-order valence-corrected chi connectivity index (χ4v) is 2.87. The molecular formula is C16H23ClN4. The number of hydrogen-bond donors (Lipinski definition) is 1. The molecule has 1 fully saturated rings. The molecule has 0 spiro atoms. The third-order valence-electron chi connectivity index (χ3n) is 4.17. The van der Waals surface area contributed by atoms with E-state index in [2.05, 4.69) is 45.6 Å². The number of para-hydroxylation sites is 1. The second-order valence-corrected chi connectivity index (χ2v) is 5.71. The van der Waals surface area contributed by atoms with Crippen LogP contribution >= 0.6 is 12.4 Å². The number of nitrogens with two attached hydrogens (primary N) is 1. The maximum absolute atomic E-state index is 6.09. The number of nitrogens with zero attached hydrogens (tertiary/aromatic N) is 3.